The van der Waals surface area contributed by atoms with E-state index in [-0.39, 0.29) is 25.7 Å². The minimum Gasteiger partial charge on any atom is -0.748 e. The molecule has 224 valence electrons. The predicted octanol–water partition coefficient (Wildman–Crippen LogP) is 1.64. The van der Waals surface area contributed by atoms with Gasteiger partial charge in [-0.3, -0.25) is 0 Å². The van der Waals surface area contributed by atoms with Crippen molar-refractivity contribution in [2.45, 2.75) is 57.8 Å². The second kappa shape index (κ2) is 18.8. The Balaban J connectivity index is 4.82. The zero-order valence-electron chi connectivity index (χ0n) is 20.9. The molecule has 12 nitrogen and oxygen atoms in total. The lowest BCUT2D eigenvalue weighted by molar-refractivity contribution is 0.458. The summed E-state index contributed by atoms with van der Waals surface area (Å²) in [6.07, 6.45) is 8.53. The van der Waals surface area contributed by atoms with Crippen LogP contribution >= 0.6 is 15.8 Å². The molecule has 0 N–H and O–H groups in total. The summed E-state index contributed by atoms with van der Waals surface area (Å²) in [5.74, 6) is -1.75. The molecule has 0 aliphatic heterocycles. The van der Waals surface area contributed by atoms with Crippen molar-refractivity contribution in [2.24, 2.45) is 0 Å². The van der Waals surface area contributed by atoms with Gasteiger partial charge in [0, 0.05) is 23.0 Å². The molecule has 0 aliphatic rings. The van der Waals surface area contributed by atoms with Crippen molar-refractivity contribution in [3.63, 3.8) is 0 Å². The van der Waals surface area contributed by atoms with E-state index in [1.54, 1.807) is 0 Å². The first-order chi connectivity index (χ1) is 16.9. The molecule has 0 rings (SSSR count). The van der Waals surface area contributed by atoms with Crippen LogP contribution in [0.15, 0.2) is 0 Å². The van der Waals surface area contributed by atoms with E-state index >= 15 is 0 Å². The van der Waals surface area contributed by atoms with Crippen LogP contribution in [0.2, 0.25) is 0 Å². The van der Waals surface area contributed by atoms with Gasteiger partial charge in [0.15, 0.2) is 0 Å². The van der Waals surface area contributed by atoms with Crippen LogP contribution in [-0.2, 0) is 40.5 Å². The summed E-state index contributed by atoms with van der Waals surface area (Å²) < 4.78 is 130. The van der Waals surface area contributed by atoms with E-state index in [1.807, 2.05) is 0 Å². The van der Waals surface area contributed by atoms with Crippen molar-refractivity contribution >= 4 is 56.3 Å². The lowest BCUT2D eigenvalue weighted by atomic mass is 10.4. The highest BCUT2D eigenvalue weighted by Crippen LogP contribution is 2.43. The van der Waals surface area contributed by atoms with Crippen molar-refractivity contribution in [3.05, 3.63) is 0 Å². The fourth-order valence-corrected chi connectivity index (χ4v) is 11.4. The number of hydrogen-bond acceptors (Lipinski definition) is 12. The van der Waals surface area contributed by atoms with Crippen LogP contribution in [0.3, 0.4) is 0 Å². The molecule has 0 aromatic rings. The SMILES string of the molecule is O=S(=O)([O-])CCCCP(CCCCS(=O)(=O)[O-])CCCP(CCCCS(=O)(=O)[O-])CCCCS(=O)(=O)[O-]. The summed E-state index contributed by atoms with van der Waals surface area (Å²) in [5.41, 5.74) is 0. The number of hydrogen-bond donors (Lipinski definition) is 0. The minimum atomic E-state index is -4.28. The molecular weight excluding hydrogens is 610 g/mol. The van der Waals surface area contributed by atoms with Gasteiger partial charge in [-0.15, -0.1) is 15.8 Å². The Morgan fingerprint density at radius 1 is 0.324 bits per heavy atom. The van der Waals surface area contributed by atoms with Crippen molar-refractivity contribution < 1.29 is 51.9 Å². The summed E-state index contributed by atoms with van der Waals surface area (Å²) >= 11 is 0. The fourth-order valence-electron chi connectivity index (χ4n) is 3.65. The van der Waals surface area contributed by atoms with Gasteiger partial charge in [-0.2, -0.15) is 0 Å². The highest BCUT2D eigenvalue weighted by Gasteiger charge is 2.13. The summed E-state index contributed by atoms with van der Waals surface area (Å²) in [4.78, 5) is 0. The van der Waals surface area contributed by atoms with Crippen LogP contribution in [0.1, 0.15) is 57.8 Å². The van der Waals surface area contributed by atoms with Gasteiger partial charge in [0.2, 0.25) is 0 Å². The van der Waals surface area contributed by atoms with E-state index in [1.165, 1.54) is 0 Å². The van der Waals surface area contributed by atoms with Gasteiger partial charge >= 0.3 is 0 Å². The molecule has 0 aromatic heterocycles. The zero-order valence-corrected chi connectivity index (χ0v) is 25.9. The van der Waals surface area contributed by atoms with Crippen molar-refractivity contribution in [1.29, 1.82) is 0 Å². The van der Waals surface area contributed by atoms with Crippen molar-refractivity contribution in [3.8, 4) is 0 Å². The lowest BCUT2D eigenvalue weighted by Gasteiger charge is -2.22. The molecule has 0 radical (unpaired) electrons. The van der Waals surface area contributed by atoms with Gasteiger partial charge in [0.05, 0.1) is 40.5 Å². The molecule has 0 bridgehead atoms. The molecule has 18 heteroatoms. The molecule has 0 saturated heterocycles. The third-order valence-corrected chi connectivity index (χ3v) is 14.3. The highest BCUT2D eigenvalue weighted by molar-refractivity contribution is 7.86. The normalized spacial score (nSPS) is 13.6. The maximum Gasteiger partial charge on any atom is 0.0945 e. The molecule has 37 heavy (non-hydrogen) atoms. The quantitative estimate of drug-likeness (QED) is 0.0826. The summed E-state index contributed by atoms with van der Waals surface area (Å²) in [6, 6.07) is 0. The molecule has 0 saturated carbocycles. The Morgan fingerprint density at radius 3 is 0.703 bits per heavy atom. The molecule has 0 unspecified atom stereocenters. The van der Waals surface area contributed by atoms with Gasteiger partial charge in [0.25, 0.3) is 0 Å². The van der Waals surface area contributed by atoms with Crippen LogP contribution in [0, 0.1) is 0 Å². The predicted molar refractivity (Wildman–Crippen MR) is 143 cm³/mol. The van der Waals surface area contributed by atoms with Crippen molar-refractivity contribution in [2.75, 3.05) is 60.0 Å². The Morgan fingerprint density at radius 2 is 0.514 bits per heavy atom. The van der Waals surface area contributed by atoms with E-state index in [9.17, 15) is 51.9 Å². The van der Waals surface area contributed by atoms with E-state index < -0.39 is 79.3 Å². The first-order valence-corrected chi connectivity index (χ1v) is 22.2. The summed E-state index contributed by atoms with van der Waals surface area (Å²) in [6.45, 7) is 0. The van der Waals surface area contributed by atoms with Crippen molar-refractivity contribution in [1.82, 2.24) is 0 Å². The Bertz CT molecular complexity index is 881. The van der Waals surface area contributed by atoms with Gasteiger partial charge in [-0.1, -0.05) is 0 Å². The first kappa shape index (κ1) is 37.5. The third-order valence-electron chi connectivity index (χ3n) is 5.42. The van der Waals surface area contributed by atoms with Gasteiger partial charge in [0.1, 0.15) is 0 Å². The molecule has 0 fully saturated rings. The van der Waals surface area contributed by atoms with E-state index in [0.29, 0.717) is 25.7 Å². The van der Waals surface area contributed by atoms with Gasteiger partial charge in [-0.25, -0.2) is 33.7 Å². The van der Waals surface area contributed by atoms with Gasteiger partial charge < -0.3 is 18.2 Å². The Hall–Kier alpha value is 0.500. The van der Waals surface area contributed by atoms with E-state index in [2.05, 4.69) is 0 Å². The highest BCUT2D eigenvalue weighted by atomic mass is 32.2. The zero-order chi connectivity index (χ0) is 28.6. The maximum absolute atomic E-state index is 10.8. The molecule has 0 spiro atoms. The summed E-state index contributed by atoms with van der Waals surface area (Å²) in [5, 5.41) is 0. The Kier molecular flexibility index (Phi) is 19.0. The van der Waals surface area contributed by atoms with Crippen LogP contribution in [0.4, 0.5) is 0 Å². The monoisotopic (exact) mass is 648 g/mol. The maximum atomic E-state index is 10.8. The molecule has 0 aliphatic carbocycles. The van der Waals surface area contributed by atoms with Crippen LogP contribution in [-0.4, -0.2) is 112 Å². The molecule has 0 aromatic carbocycles. The summed E-state index contributed by atoms with van der Waals surface area (Å²) in [7, 11) is -18.3. The smallest absolute Gasteiger partial charge is 0.0945 e. The number of unbranched alkanes of at least 4 members (excludes halogenated alkanes) is 4. The second-order valence-corrected chi connectivity index (χ2v) is 20.4. The molecule has 0 heterocycles. The molecule has 0 amide bonds. The van der Waals surface area contributed by atoms with E-state index in [0.717, 1.165) is 43.4 Å². The first-order valence-electron chi connectivity index (χ1n) is 12.1. The lowest BCUT2D eigenvalue weighted by Crippen LogP contribution is -2.08. The van der Waals surface area contributed by atoms with Crippen LogP contribution in [0.5, 0.6) is 0 Å². The Labute approximate surface area is 225 Å². The number of rotatable bonds is 24. The topological polar surface area (TPSA) is 229 Å². The third kappa shape index (κ3) is 29.3. The average Bonchev–Trinajstić information content (AvgIpc) is 2.70. The van der Waals surface area contributed by atoms with Gasteiger partial charge in [-0.05, 0) is 94.8 Å². The fraction of sp³-hybridized carbons (Fsp3) is 1.00. The van der Waals surface area contributed by atoms with Crippen LogP contribution < -0.4 is 0 Å². The molecular formula is C19H38O12P2S4-4. The second-order valence-electron chi connectivity index (χ2n) is 8.91. The minimum absolute atomic E-state index is 0.248. The van der Waals surface area contributed by atoms with E-state index in [4.69, 9.17) is 0 Å². The van der Waals surface area contributed by atoms with Crippen LogP contribution in [0.25, 0.3) is 0 Å². The standard InChI is InChI=1S/C19H42O12P2S4/c20-34(21,22)16-5-1-10-32(11-2-6-17-35(23,24)25)14-9-15-33(12-3-7-18-36(26,27)28)13-4-8-19-37(29,30)31/h1-19H2,(H,20,21,22)(H,23,24,25)(H,26,27,28)(H,29,30,31)/p-4. The average molecular weight is 649 g/mol. The largest absolute Gasteiger partial charge is 0.748 e. The molecule has 0 atom stereocenters.